The first-order valence-electron chi connectivity index (χ1n) is 4.43. The molecule has 82 valence electrons. The van der Waals surface area contributed by atoms with Gasteiger partial charge in [0.05, 0.1) is 6.61 Å². The highest BCUT2D eigenvalue weighted by molar-refractivity contribution is 8.00. The van der Waals surface area contributed by atoms with Gasteiger partial charge in [0.2, 0.25) is 0 Å². The van der Waals surface area contributed by atoms with Crippen molar-refractivity contribution >= 4 is 17.6 Å². The average molecular weight is 229 g/mol. The molecule has 2 atom stereocenters. The van der Waals surface area contributed by atoms with Crippen LogP contribution in [-0.4, -0.2) is 32.5 Å². The maximum Gasteiger partial charge on any atom is 0.351 e. The molecule has 0 unspecified atom stereocenters. The Kier molecular flexibility index (Phi) is 2.94. The molecule has 1 aromatic rings. The average Bonchev–Trinajstić information content (AvgIpc) is 2.66. The number of hydrogen-bond acceptors (Lipinski definition) is 6. The van der Waals surface area contributed by atoms with E-state index in [4.69, 9.17) is 15.6 Å². The van der Waals surface area contributed by atoms with Gasteiger partial charge in [0.1, 0.15) is 17.5 Å². The molecule has 0 aliphatic carbocycles. The third-order valence-electron chi connectivity index (χ3n) is 2.04. The third-order valence-corrected chi connectivity index (χ3v) is 3.15. The van der Waals surface area contributed by atoms with E-state index in [1.54, 1.807) is 12.3 Å². The molecule has 1 aliphatic rings. The number of nitrogens with two attached hydrogens (primary N) is 1. The molecular weight excluding hydrogens is 218 g/mol. The quantitative estimate of drug-likeness (QED) is 0.704. The molecule has 6 nitrogen and oxygen atoms in total. The van der Waals surface area contributed by atoms with Gasteiger partial charge >= 0.3 is 5.69 Å². The van der Waals surface area contributed by atoms with Crippen LogP contribution >= 0.6 is 11.8 Å². The first-order valence-corrected chi connectivity index (χ1v) is 5.48. The maximum absolute atomic E-state index is 11.4. The van der Waals surface area contributed by atoms with E-state index in [9.17, 15) is 4.79 Å². The van der Waals surface area contributed by atoms with Gasteiger partial charge < -0.3 is 15.6 Å². The summed E-state index contributed by atoms with van der Waals surface area (Å²) in [5.41, 5.74) is 4.67. The highest BCUT2D eigenvalue weighted by atomic mass is 32.2. The first kappa shape index (κ1) is 10.5. The van der Waals surface area contributed by atoms with Crippen molar-refractivity contribution in [3.8, 4) is 0 Å². The fraction of sp³-hybridized carbons (Fsp3) is 0.500. The predicted octanol–water partition coefficient (Wildman–Crippen LogP) is -0.594. The Morgan fingerprint density at radius 2 is 2.60 bits per heavy atom. The van der Waals surface area contributed by atoms with Crippen molar-refractivity contribution in [3.63, 3.8) is 0 Å². The molecule has 2 rings (SSSR count). The van der Waals surface area contributed by atoms with Crippen LogP contribution in [0.4, 0.5) is 5.82 Å². The lowest BCUT2D eigenvalue weighted by atomic mass is 10.5. The van der Waals surface area contributed by atoms with E-state index in [0.717, 1.165) is 0 Å². The fourth-order valence-corrected chi connectivity index (χ4v) is 2.26. The van der Waals surface area contributed by atoms with Crippen molar-refractivity contribution in [2.24, 2.45) is 0 Å². The van der Waals surface area contributed by atoms with Crippen LogP contribution < -0.4 is 11.4 Å². The van der Waals surface area contributed by atoms with Crippen LogP contribution in [-0.2, 0) is 4.74 Å². The van der Waals surface area contributed by atoms with E-state index in [-0.39, 0.29) is 24.1 Å². The molecule has 3 N–H and O–H groups in total. The van der Waals surface area contributed by atoms with Gasteiger partial charge in [-0.1, -0.05) is 0 Å². The minimum Gasteiger partial charge on any atom is -0.393 e. The van der Waals surface area contributed by atoms with Crippen molar-refractivity contribution in [2.75, 3.05) is 18.1 Å². The summed E-state index contributed by atoms with van der Waals surface area (Å²) in [6.07, 6.45) is 1.18. The molecule has 1 fully saturated rings. The van der Waals surface area contributed by atoms with Gasteiger partial charge in [0, 0.05) is 11.9 Å². The molecular formula is C8H11N3O3S. The van der Waals surface area contributed by atoms with Crippen LogP contribution in [0.15, 0.2) is 17.1 Å². The standard InChI is InChI=1S/C8H11N3O3S/c9-5-1-2-11(8(13)10-5)6-4-15-7(3-12)14-6/h1-2,6-7,12H,3-4H2,(H2,9,10,13)/t6-,7-/m1/s1. The van der Waals surface area contributed by atoms with Crippen molar-refractivity contribution in [1.29, 1.82) is 0 Å². The molecule has 0 bridgehead atoms. The van der Waals surface area contributed by atoms with E-state index >= 15 is 0 Å². The van der Waals surface area contributed by atoms with Crippen LogP contribution in [0, 0.1) is 0 Å². The second-order valence-electron chi connectivity index (χ2n) is 3.08. The highest BCUT2D eigenvalue weighted by Gasteiger charge is 2.27. The molecule has 0 saturated carbocycles. The summed E-state index contributed by atoms with van der Waals surface area (Å²) in [7, 11) is 0. The second-order valence-corrected chi connectivity index (χ2v) is 4.27. The van der Waals surface area contributed by atoms with Crippen LogP contribution in [0.1, 0.15) is 6.23 Å². The molecule has 1 saturated heterocycles. The number of aliphatic hydroxyl groups excluding tert-OH is 1. The molecule has 1 aliphatic heterocycles. The number of nitrogens with zero attached hydrogens (tertiary/aromatic N) is 2. The number of anilines is 1. The van der Waals surface area contributed by atoms with Gasteiger partial charge in [-0.2, -0.15) is 4.98 Å². The zero-order valence-corrected chi connectivity index (χ0v) is 8.68. The molecule has 7 heteroatoms. The SMILES string of the molecule is Nc1ccn([C@H]2CS[C@H](CO)O2)c(=O)n1. The molecule has 0 amide bonds. The number of aromatic nitrogens is 2. The van der Waals surface area contributed by atoms with Crippen molar-refractivity contribution in [3.05, 3.63) is 22.7 Å². The van der Waals surface area contributed by atoms with Gasteiger partial charge in [0.25, 0.3) is 0 Å². The van der Waals surface area contributed by atoms with E-state index in [1.807, 2.05) is 0 Å². The van der Waals surface area contributed by atoms with E-state index < -0.39 is 5.69 Å². The summed E-state index contributed by atoms with van der Waals surface area (Å²) in [6.45, 7) is -0.0572. The molecule has 1 aromatic heterocycles. The fourth-order valence-electron chi connectivity index (χ4n) is 1.33. The Labute approximate surface area is 90.1 Å². The summed E-state index contributed by atoms with van der Waals surface area (Å²) >= 11 is 1.47. The molecule has 0 spiro atoms. The summed E-state index contributed by atoms with van der Waals surface area (Å²) < 4.78 is 6.79. The lowest BCUT2D eigenvalue weighted by Gasteiger charge is -2.13. The Balaban J connectivity index is 2.20. The van der Waals surface area contributed by atoms with Crippen LogP contribution in [0.5, 0.6) is 0 Å². The predicted molar refractivity (Wildman–Crippen MR) is 56.4 cm³/mol. The zero-order chi connectivity index (χ0) is 10.8. The monoisotopic (exact) mass is 229 g/mol. The Morgan fingerprint density at radius 3 is 3.20 bits per heavy atom. The number of rotatable bonds is 2. The smallest absolute Gasteiger partial charge is 0.351 e. The summed E-state index contributed by atoms with van der Waals surface area (Å²) in [6, 6.07) is 1.54. The minimum absolute atomic E-state index is 0.0572. The maximum atomic E-state index is 11.4. The first-order chi connectivity index (χ1) is 7.20. The molecule has 15 heavy (non-hydrogen) atoms. The molecule has 0 radical (unpaired) electrons. The van der Waals surface area contributed by atoms with E-state index in [2.05, 4.69) is 4.98 Å². The van der Waals surface area contributed by atoms with E-state index in [1.165, 1.54) is 16.3 Å². The van der Waals surface area contributed by atoms with E-state index in [0.29, 0.717) is 5.75 Å². The Hall–Kier alpha value is -1.05. The van der Waals surface area contributed by atoms with Gasteiger partial charge in [-0.25, -0.2) is 4.79 Å². The number of nitrogen functional groups attached to an aromatic ring is 1. The Bertz CT molecular complexity index is 408. The topological polar surface area (TPSA) is 90.4 Å². The highest BCUT2D eigenvalue weighted by Crippen LogP contribution is 2.30. The van der Waals surface area contributed by atoms with Gasteiger partial charge in [-0.3, -0.25) is 4.57 Å². The molecule has 0 aromatic carbocycles. The lowest BCUT2D eigenvalue weighted by molar-refractivity contribution is -0.00629. The van der Waals surface area contributed by atoms with Gasteiger partial charge in [-0.15, -0.1) is 11.8 Å². The largest absolute Gasteiger partial charge is 0.393 e. The zero-order valence-electron chi connectivity index (χ0n) is 7.87. The van der Waals surface area contributed by atoms with Gasteiger partial charge in [0.15, 0.2) is 0 Å². The van der Waals surface area contributed by atoms with Crippen LogP contribution in [0.2, 0.25) is 0 Å². The minimum atomic E-state index is -0.431. The summed E-state index contributed by atoms with van der Waals surface area (Å²) in [4.78, 5) is 15.0. The Morgan fingerprint density at radius 1 is 1.80 bits per heavy atom. The third kappa shape index (κ3) is 2.14. The van der Waals surface area contributed by atoms with Crippen LogP contribution in [0.3, 0.4) is 0 Å². The summed E-state index contributed by atoms with van der Waals surface area (Å²) in [5.74, 6) is 0.817. The lowest BCUT2D eigenvalue weighted by Crippen LogP contribution is -2.28. The van der Waals surface area contributed by atoms with Gasteiger partial charge in [-0.05, 0) is 6.07 Å². The number of thioether (sulfide) groups is 1. The van der Waals surface area contributed by atoms with Crippen molar-refractivity contribution < 1.29 is 9.84 Å². The van der Waals surface area contributed by atoms with Crippen molar-refractivity contribution in [2.45, 2.75) is 11.7 Å². The van der Waals surface area contributed by atoms with Crippen molar-refractivity contribution in [1.82, 2.24) is 9.55 Å². The number of ether oxygens (including phenoxy) is 1. The normalized spacial score (nSPS) is 25.7. The van der Waals surface area contributed by atoms with Crippen LogP contribution in [0.25, 0.3) is 0 Å². The number of hydrogen-bond donors (Lipinski definition) is 2. The summed E-state index contributed by atoms with van der Waals surface area (Å²) in [5, 5.41) is 8.88. The second kappa shape index (κ2) is 4.21. The molecule has 2 heterocycles. The number of aliphatic hydroxyl groups is 1.